The summed E-state index contributed by atoms with van der Waals surface area (Å²) in [6.45, 7) is 7.11. The predicted octanol–water partition coefficient (Wildman–Crippen LogP) is 4.29. The van der Waals surface area contributed by atoms with Crippen LogP contribution >= 0.6 is 24.0 Å². The van der Waals surface area contributed by atoms with Crippen LogP contribution in [0.15, 0.2) is 46.0 Å². The average Bonchev–Trinajstić information content (AvgIpc) is 3.19. The fourth-order valence-electron chi connectivity index (χ4n) is 2.39. The number of hydrogen-bond acceptors (Lipinski definition) is 5. The Kier molecular flexibility index (Phi) is 12.1. The van der Waals surface area contributed by atoms with E-state index in [0.717, 1.165) is 36.1 Å². The van der Waals surface area contributed by atoms with E-state index in [9.17, 15) is 0 Å². The molecule has 0 amide bonds. The Bertz CT molecular complexity index is 693. The highest BCUT2D eigenvalue weighted by atomic mass is 127. The second-order valence-electron chi connectivity index (χ2n) is 5.67. The molecule has 0 saturated carbocycles. The Labute approximate surface area is 183 Å². The van der Waals surface area contributed by atoms with Gasteiger partial charge in [0.25, 0.3) is 0 Å². The van der Waals surface area contributed by atoms with Crippen LogP contribution in [-0.2, 0) is 11.3 Å². The van der Waals surface area contributed by atoms with Crippen molar-refractivity contribution in [2.45, 2.75) is 26.9 Å². The zero-order chi connectivity index (χ0) is 19.3. The molecular weight excluding hydrogens is 473 g/mol. The highest BCUT2D eigenvalue weighted by molar-refractivity contribution is 14.0. The van der Waals surface area contributed by atoms with Gasteiger partial charge in [-0.15, -0.1) is 24.0 Å². The van der Waals surface area contributed by atoms with Gasteiger partial charge in [-0.25, -0.2) is 0 Å². The van der Waals surface area contributed by atoms with Crippen LogP contribution in [-0.4, -0.2) is 39.4 Å². The van der Waals surface area contributed by atoms with Crippen molar-refractivity contribution in [1.29, 1.82) is 0 Å². The van der Waals surface area contributed by atoms with E-state index in [1.54, 1.807) is 13.4 Å². The van der Waals surface area contributed by atoms with Crippen molar-refractivity contribution < 1.29 is 18.6 Å². The Hall–Kier alpha value is -1.94. The summed E-state index contributed by atoms with van der Waals surface area (Å²) in [6, 6.07) is 9.47. The Balaban J connectivity index is 0.00000392. The first-order valence-electron chi connectivity index (χ1n) is 9.23. The molecule has 2 aromatic rings. The van der Waals surface area contributed by atoms with Gasteiger partial charge in [-0.2, -0.15) is 0 Å². The molecule has 0 aliphatic rings. The number of hydrogen-bond donors (Lipinski definition) is 2. The molecule has 0 fully saturated rings. The van der Waals surface area contributed by atoms with Crippen molar-refractivity contribution in [2.24, 2.45) is 4.99 Å². The lowest BCUT2D eigenvalue weighted by molar-refractivity contribution is 0.105. The summed E-state index contributed by atoms with van der Waals surface area (Å²) in [7, 11) is 1.63. The van der Waals surface area contributed by atoms with Gasteiger partial charge in [-0.3, -0.25) is 4.99 Å². The maximum absolute atomic E-state index is 5.57. The van der Waals surface area contributed by atoms with Crippen molar-refractivity contribution in [2.75, 3.05) is 38.7 Å². The molecule has 0 atom stereocenters. The molecule has 0 spiro atoms. The number of rotatable bonds is 11. The summed E-state index contributed by atoms with van der Waals surface area (Å²) in [6.07, 6.45) is 2.47. The van der Waals surface area contributed by atoms with Crippen LogP contribution in [0.5, 0.6) is 11.5 Å². The fourth-order valence-corrected chi connectivity index (χ4v) is 2.39. The topological polar surface area (TPSA) is 77.3 Å². The molecule has 1 aromatic carbocycles. The molecule has 2 N–H and O–H groups in total. The first-order valence-corrected chi connectivity index (χ1v) is 9.23. The Morgan fingerprint density at radius 3 is 2.71 bits per heavy atom. The maximum atomic E-state index is 5.57. The zero-order valence-electron chi connectivity index (χ0n) is 16.7. The molecule has 8 heteroatoms. The van der Waals surface area contributed by atoms with Crippen molar-refractivity contribution in [1.82, 2.24) is 5.32 Å². The Morgan fingerprint density at radius 2 is 2.04 bits per heavy atom. The molecule has 0 aliphatic heterocycles. The summed E-state index contributed by atoms with van der Waals surface area (Å²) in [5.41, 5.74) is 0.879. The summed E-state index contributed by atoms with van der Waals surface area (Å²) >= 11 is 0. The number of aliphatic imine (C=N–C) groups is 1. The summed E-state index contributed by atoms with van der Waals surface area (Å²) in [5.74, 6) is 2.96. The van der Waals surface area contributed by atoms with Crippen LogP contribution in [0.25, 0.3) is 0 Å². The normalized spacial score (nSPS) is 10.9. The number of ether oxygens (including phenoxy) is 3. The lowest BCUT2D eigenvalue weighted by atomic mass is 10.2. The number of anilines is 1. The molecule has 0 radical (unpaired) electrons. The summed E-state index contributed by atoms with van der Waals surface area (Å²) < 4.78 is 21.7. The zero-order valence-corrected chi connectivity index (χ0v) is 19.0. The van der Waals surface area contributed by atoms with Gasteiger partial charge in [0.05, 0.1) is 20.0 Å². The molecule has 1 heterocycles. The number of furan rings is 1. The van der Waals surface area contributed by atoms with Gasteiger partial charge in [-0.1, -0.05) is 0 Å². The smallest absolute Gasteiger partial charge is 0.195 e. The third-order valence-electron chi connectivity index (χ3n) is 3.61. The van der Waals surface area contributed by atoms with Crippen molar-refractivity contribution in [3.05, 3.63) is 42.4 Å². The second kappa shape index (κ2) is 14.1. The highest BCUT2D eigenvalue weighted by Crippen LogP contribution is 2.30. The number of benzene rings is 1. The molecule has 1 aromatic heterocycles. The molecule has 2 rings (SSSR count). The number of methoxy groups -OCH3 is 1. The Morgan fingerprint density at radius 1 is 1.18 bits per heavy atom. The molecule has 0 aliphatic carbocycles. The first kappa shape index (κ1) is 24.1. The van der Waals surface area contributed by atoms with E-state index in [1.165, 1.54) is 0 Å². The summed E-state index contributed by atoms with van der Waals surface area (Å²) in [5, 5.41) is 6.52. The van der Waals surface area contributed by atoms with E-state index in [-0.39, 0.29) is 24.0 Å². The van der Waals surface area contributed by atoms with Gasteiger partial charge in [0, 0.05) is 31.5 Å². The van der Waals surface area contributed by atoms with Crippen LogP contribution < -0.4 is 20.1 Å². The lowest BCUT2D eigenvalue weighted by Crippen LogP contribution is -2.30. The van der Waals surface area contributed by atoms with E-state index >= 15 is 0 Å². The third kappa shape index (κ3) is 8.39. The standard InChI is InChI=1S/C20H29N3O4.HI/c1-4-21-20(22-11-7-12-25-15-17-8-6-13-27-17)23-16-9-10-18(26-5-2)19(14-16)24-3;/h6,8-10,13-14H,4-5,7,11-12,15H2,1-3H3,(H2,21,22,23);1H. The lowest BCUT2D eigenvalue weighted by Gasteiger charge is -2.14. The number of halogens is 1. The van der Waals surface area contributed by atoms with E-state index in [4.69, 9.17) is 18.6 Å². The minimum absolute atomic E-state index is 0. The van der Waals surface area contributed by atoms with Crippen molar-refractivity contribution in [3.8, 4) is 11.5 Å². The number of nitrogens with zero attached hydrogens (tertiary/aromatic N) is 1. The van der Waals surface area contributed by atoms with E-state index in [2.05, 4.69) is 15.6 Å². The van der Waals surface area contributed by atoms with Gasteiger partial charge in [0.15, 0.2) is 17.5 Å². The van der Waals surface area contributed by atoms with Crippen LogP contribution in [0.1, 0.15) is 26.0 Å². The maximum Gasteiger partial charge on any atom is 0.195 e. The van der Waals surface area contributed by atoms with Crippen LogP contribution in [0.2, 0.25) is 0 Å². The average molecular weight is 503 g/mol. The van der Waals surface area contributed by atoms with E-state index in [0.29, 0.717) is 32.1 Å². The third-order valence-corrected chi connectivity index (χ3v) is 3.61. The van der Waals surface area contributed by atoms with Crippen LogP contribution in [0, 0.1) is 0 Å². The van der Waals surface area contributed by atoms with Crippen LogP contribution in [0.4, 0.5) is 5.69 Å². The van der Waals surface area contributed by atoms with Gasteiger partial charge >= 0.3 is 0 Å². The SMILES string of the molecule is CCNC(=NCCCOCc1ccco1)Nc1ccc(OCC)c(OC)c1.I. The molecule has 0 bridgehead atoms. The van der Waals surface area contributed by atoms with Crippen molar-refractivity contribution >= 4 is 35.6 Å². The van der Waals surface area contributed by atoms with Gasteiger partial charge in [-0.05, 0) is 44.5 Å². The first-order chi connectivity index (χ1) is 13.3. The minimum Gasteiger partial charge on any atom is -0.493 e. The fraction of sp³-hybridized carbons (Fsp3) is 0.450. The quantitative estimate of drug-likeness (QED) is 0.206. The predicted molar refractivity (Wildman–Crippen MR) is 122 cm³/mol. The molecule has 0 unspecified atom stereocenters. The van der Waals surface area contributed by atoms with Crippen LogP contribution in [0.3, 0.4) is 0 Å². The molecule has 156 valence electrons. The van der Waals surface area contributed by atoms with Gasteiger partial charge < -0.3 is 29.3 Å². The number of nitrogens with one attached hydrogen (secondary N) is 2. The molecular formula is C20H30IN3O4. The molecule has 0 saturated heterocycles. The summed E-state index contributed by atoms with van der Waals surface area (Å²) in [4.78, 5) is 4.58. The monoisotopic (exact) mass is 503 g/mol. The van der Waals surface area contributed by atoms with Gasteiger partial charge in [0.1, 0.15) is 12.4 Å². The second-order valence-corrected chi connectivity index (χ2v) is 5.67. The van der Waals surface area contributed by atoms with Gasteiger partial charge in [0.2, 0.25) is 0 Å². The minimum atomic E-state index is 0. The van der Waals surface area contributed by atoms with Crippen molar-refractivity contribution in [3.63, 3.8) is 0 Å². The molecule has 28 heavy (non-hydrogen) atoms. The molecule has 7 nitrogen and oxygen atoms in total. The van der Waals surface area contributed by atoms with E-state index < -0.39 is 0 Å². The van der Waals surface area contributed by atoms with E-state index in [1.807, 2.05) is 44.2 Å². The highest BCUT2D eigenvalue weighted by Gasteiger charge is 2.07. The largest absolute Gasteiger partial charge is 0.493 e. The number of guanidine groups is 1.